The van der Waals surface area contributed by atoms with Crippen molar-refractivity contribution in [2.45, 2.75) is 26.0 Å². The van der Waals surface area contributed by atoms with Gasteiger partial charge in [-0.1, -0.05) is 23.2 Å². The first-order valence-corrected chi connectivity index (χ1v) is 6.51. The van der Waals surface area contributed by atoms with Gasteiger partial charge in [-0.05, 0) is 36.8 Å². The van der Waals surface area contributed by atoms with E-state index >= 15 is 0 Å². The van der Waals surface area contributed by atoms with E-state index in [0.29, 0.717) is 16.5 Å². The van der Waals surface area contributed by atoms with Crippen LogP contribution in [0.1, 0.15) is 24.3 Å². The Morgan fingerprint density at radius 2 is 2.11 bits per heavy atom. The first-order chi connectivity index (χ1) is 8.61. The van der Waals surface area contributed by atoms with Crippen molar-refractivity contribution in [2.75, 3.05) is 0 Å². The molecule has 0 bridgehead atoms. The summed E-state index contributed by atoms with van der Waals surface area (Å²) >= 11 is 12.0. The van der Waals surface area contributed by atoms with E-state index in [1.54, 1.807) is 29.1 Å². The van der Waals surface area contributed by atoms with Crippen LogP contribution in [0.2, 0.25) is 10.0 Å². The second-order valence-corrected chi connectivity index (χ2v) is 4.87. The molecule has 18 heavy (non-hydrogen) atoms. The predicted octanol–water partition coefficient (Wildman–Crippen LogP) is 3.49. The Labute approximate surface area is 116 Å². The molecule has 96 valence electrons. The number of nitrogens with zero attached hydrogens (tertiary/aromatic N) is 2. The molecule has 1 unspecified atom stereocenters. The Balaban J connectivity index is 2.21. The standard InChI is InChI=1S/C13H14Cl2N2O/c1-2-17-12(5-6-16-17)13(18)8-9-7-10(14)3-4-11(9)15/h3-7,13,18H,2,8H2,1H3. The Morgan fingerprint density at radius 1 is 1.33 bits per heavy atom. The number of aromatic nitrogens is 2. The average Bonchev–Trinajstić information content (AvgIpc) is 2.82. The topological polar surface area (TPSA) is 38.0 Å². The summed E-state index contributed by atoms with van der Waals surface area (Å²) in [5.74, 6) is 0. The maximum atomic E-state index is 10.2. The van der Waals surface area contributed by atoms with Gasteiger partial charge < -0.3 is 5.11 Å². The first kappa shape index (κ1) is 13.4. The molecule has 2 aromatic rings. The molecule has 5 heteroatoms. The number of benzene rings is 1. The van der Waals surface area contributed by atoms with Crippen LogP contribution in [0.15, 0.2) is 30.5 Å². The lowest BCUT2D eigenvalue weighted by atomic mass is 10.1. The Hall–Kier alpha value is -1.03. The fourth-order valence-electron chi connectivity index (χ4n) is 1.90. The fourth-order valence-corrected chi connectivity index (χ4v) is 2.29. The van der Waals surface area contributed by atoms with Gasteiger partial charge in [-0.2, -0.15) is 5.10 Å². The molecule has 0 aliphatic rings. The van der Waals surface area contributed by atoms with Gasteiger partial charge in [-0.3, -0.25) is 4.68 Å². The maximum absolute atomic E-state index is 10.2. The van der Waals surface area contributed by atoms with Gasteiger partial charge in [0.25, 0.3) is 0 Å². The number of hydrogen-bond donors (Lipinski definition) is 1. The zero-order valence-electron chi connectivity index (χ0n) is 9.98. The third-order valence-electron chi connectivity index (χ3n) is 2.81. The quantitative estimate of drug-likeness (QED) is 0.933. The van der Waals surface area contributed by atoms with E-state index in [-0.39, 0.29) is 0 Å². The molecule has 1 heterocycles. The number of rotatable bonds is 4. The van der Waals surface area contributed by atoms with Crippen molar-refractivity contribution in [3.05, 3.63) is 51.8 Å². The highest BCUT2D eigenvalue weighted by Crippen LogP contribution is 2.26. The number of halogens is 2. The smallest absolute Gasteiger partial charge is 0.0997 e. The van der Waals surface area contributed by atoms with Crippen LogP contribution in [0, 0.1) is 0 Å². The Bertz CT molecular complexity index is 540. The van der Waals surface area contributed by atoms with Crippen LogP contribution in [-0.4, -0.2) is 14.9 Å². The van der Waals surface area contributed by atoms with Crippen molar-refractivity contribution in [1.29, 1.82) is 0 Å². The molecule has 0 radical (unpaired) electrons. The minimum atomic E-state index is -0.636. The summed E-state index contributed by atoms with van der Waals surface area (Å²) in [5.41, 5.74) is 1.62. The maximum Gasteiger partial charge on any atom is 0.0997 e. The second kappa shape index (κ2) is 5.74. The van der Waals surface area contributed by atoms with Crippen LogP contribution in [0.5, 0.6) is 0 Å². The van der Waals surface area contributed by atoms with E-state index < -0.39 is 6.10 Å². The van der Waals surface area contributed by atoms with Gasteiger partial charge in [-0.15, -0.1) is 0 Å². The Morgan fingerprint density at radius 3 is 2.83 bits per heavy atom. The van der Waals surface area contributed by atoms with Crippen LogP contribution in [0.3, 0.4) is 0 Å². The van der Waals surface area contributed by atoms with E-state index in [1.165, 1.54) is 0 Å². The summed E-state index contributed by atoms with van der Waals surface area (Å²) in [7, 11) is 0. The summed E-state index contributed by atoms with van der Waals surface area (Å²) in [6, 6.07) is 7.06. The van der Waals surface area contributed by atoms with Gasteiger partial charge in [0.15, 0.2) is 0 Å². The van der Waals surface area contributed by atoms with Crippen molar-refractivity contribution in [2.24, 2.45) is 0 Å². The number of aliphatic hydroxyl groups is 1. The molecule has 0 aliphatic carbocycles. The zero-order chi connectivity index (χ0) is 13.1. The van der Waals surface area contributed by atoms with Gasteiger partial charge in [0.05, 0.1) is 11.8 Å². The second-order valence-electron chi connectivity index (χ2n) is 4.03. The van der Waals surface area contributed by atoms with Crippen molar-refractivity contribution in [3.63, 3.8) is 0 Å². The molecule has 0 saturated heterocycles. The van der Waals surface area contributed by atoms with Gasteiger partial charge in [0.2, 0.25) is 0 Å². The molecule has 1 N–H and O–H groups in total. The van der Waals surface area contributed by atoms with Crippen LogP contribution in [0.4, 0.5) is 0 Å². The lowest BCUT2D eigenvalue weighted by Gasteiger charge is -2.13. The first-order valence-electron chi connectivity index (χ1n) is 5.75. The summed E-state index contributed by atoms with van der Waals surface area (Å²) < 4.78 is 1.77. The van der Waals surface area contributed by atoms with E-state index in [2.05, 4.69) is 5.10 Å². The summed E-state index contributed by atoms with van der Waals surface area (Å²) in [4.78, 5) is 0. The third-order valence-corrected chi connectivity index (χ3v) is 3.42. The van der Waals surface area contributed by atoms with E-state index in [1.807, 2.05) is 13.0 Å². The largest absolute Gasteiger partial charge is 0.386 e. The van der Waals surface area contributed by atoms with Gasteiger partial charge >= 0.3 is 0 Å². The minimum Gasteiger partial charge on any atom is -0.386 e. The van der Waals surface area contributed by atoms with Gasteiger partial charge in [0.1, 0.15) is 0 Å². The highest BCUT2D eigenvalue weighted by atomic mass is 35.5. The van der Waals surface area contributed by atoms with E-state index in [4.69, 9.17) is 23.2 Å². The summed E-state index contributed by atoms with van der Waals surface area (Å²) in [6.45, 7) is 2.71. The number of aliphatic hydroxyl groups excluding tert-OH is 1. The minimum absolute atomic E-state index is 0.422. The average molecular weight is 285 g/mol. The van der Waals surface area contributed by atoms with E-state index in [0.717, 1.165) is 17.8 Å². The molecule has 0 fully saturated rings. The summed E-state index contributed by atoms with van der Waals surface area (Å²) in [5, 5.41) is 15.6. The molecule has 3 nitrogen and oxygen atoms in total. The van der Waals surface area contributed by atoms with Crippen molar-refractivity contribution in [1.82, 2.24) is 9.78 Å². The molecular weight excluding hydrogens is 271 g/mol. The van der Waals surface area contributed by atoms with Gasteiger partial charge in [-0.25, -0.2) is 0 Å². The van der Waals surface area contributed by atoms with Gasteiger partial charge in [0, 0.05) is 29.2 Å². The normalized spacial score (nSPS) is 12.7. The highest BCUT2D eigenvalue weighted by Gasteiger charge is 2.15. The molecule has 0 saturated carbocycles. The van der Waals surface area contributed by atoms with Crippen molar-refractivity contribution in [3.8, 4) is 0 Å². The molecule has 1 aromatic carbocycles. The molecule has 1 atom stereocenters. The Kier molecular flexibility index (Phi) is 4.27. The summed E-state index contributed by atoms with van der Waals surface area (Å²) in [6.07, 6.45) is 1.47. The lowest BCUT2D eigenvalue weighted by Crippen LogP contribution is -2.10. The highest BCUT2D eigenvalue weighted by molar-refractivity contribution is 6.33. The van der Waals surface area contributed by atoms with E-state index in [9.17, 15) is 5.11 Å². The van der Waals surface area contributed by atoms with Crippen LogP contribution >= 0.6 is 23.2 Å². The SMILES string of the molecule is CCn1nccc1C(O)Cc1cc(Cl)ccc1Cl. The van der Waals surface area contributed by atoms with Crippen molar-refractivity contribution >= 4 is 23.2 Å². The number of hydrogen-bond acceptors (Lipinski definition) is 2. The van der Waals surface area contributed by atoms with Crippen LogP contribution in [-0.2, 0) is 13.0 Å². The third kappa shape index (κ3) is 2.86. The van der Waals surface area contributed by atoms with Crippen LogP contribution < -0.4 is 0 Å². The molecule has 0 aliphatic heterocycles. The molecule has 2 rings (SSSR count). The van der Waals surface area contributed by atoms with Crippen molar-refractivity contribution < 1.29 is 5.11 Å². The molecule has 0 spiro atoms. The zero-order valence-corrected chi connectivity index (χ0v) is 11.5. The van der Waals surface area contributed by atoms with Crippen LogP contribution in [0.25, 0.3) is 0 Å². The molecule has 1 aromatic heterocycles. The lowest BCUT2D eigenvalue weighted by molar-refractivity contribution is 0.167. The molecular formula is C13H14Cl2N2O. The number of aryl methyl sites for hydroxylation is 1. The predicted molar refractivity (Wildman–Crippen MR) is 73.0 cm³/mol. The fraction of sp³-hybridized carbons (Fsp3) is 0.308. The monoisotopic (exact) mass is 284 g/mol. The molecule has 0 amide bonds.